The molecule has 0 radical (unpaired) electrons. The lowest BCUT2D eigenvalue weighted by Gasteiger charge is -2.32. The van der Waals surface area contributed by atoms with Crippen LogP contribution in [0.3, 0.4) is 0 Å². The van der Waals surface area contributed by atoms with Crippen LogP contribution in [-0.4, -0.2) is 30.7 Å². The summed E-state index contributed by atoms with van der Waals surface area (Å²) in [5, 5.41) is 0. The molecule has 1 aliphatic heterocycles. The van der Waals surface area contributed by atoms with E-state index in [0.717, 1.165) is 19.7 Å². The smallest absolute Gasteiger partial charge is 0.0913 e. The zero-order chi connectivity index (χ0) is 7.56. The average Bonchev–Trinajstić information content (AvgIpc) is 1.88. The van der Waals surface area contributed by atoms with Crippen molar-refractivity contribution in [1.82, 2.24) is 4.90 Å². The fraction of sp³-hybridized carbons (Fsp3) is 0.714. The number of rotatable bonds is 1. The lowest BCUT2D eigenvalue weighted by atomic mass is 10.3. The van der Waals surface area contributed by atoms with E-state index in [-0.39, 0.29) is 6.10 Å². The first kappa shape index (κ1) is 7.41. The first-order chi connectivity index (χ1) is 4.70. The SMILES string of the molecule is C=C(N)N1CCO[C@H](C)C1. The summed E-state index contributed by atoms with van der Waals surface area (Å²) in [6.07, 6.45) is 0.286. The minimum Gasteiger partial charge on any atom is -0.386 e. The Hall–Kier alpha value is -0.700. The Bertz CT molecular complexity index is 136. The molecule has 3 nitrogen and oxygen atoms in total. The van der Waals surface area contributed by atoms with Crippen LogP contribution in [-0.2, 0) is 4.74 Å². The number of ether oxygens (including phenoxy) is 1. The summed E-state index contributed by atoms with van der Waals surface area (Å²) in [5.41, 5.74) is 5.51. The molecule has 1 aliphatic rings. The van der Waals surface area contributed by atoms with Gasteiger partial charge in [-0.15, -0.1) is 0 Å². The van der Waals surface area contributed by atoms with Gasteiger partial charge in [0.2, 0.25) is 0 Å². The first-order valence-corrected chi connectivity index (χ1v) is 3.51. The molecular weight excluding hydrogens is 128 g/mol. The molecule has 2 N–H and O–H groups in total. The minimum absolute atomic E-state index is 0.286. The van der Waals surface area contributed by atoms with Crippen molar-refractivity contribution < 1.29 is 4.74 Å². The number of morpholine rings is 1. The number of nitrogens with zero attached hydrogens (tertiary/aromatic N) is 1. The van der Waals surface area contributed by atoms with Crippen LogP contribution in [0.25, 0.3) is 0 Å². The molecule has 3 heteroatoms. The molecule has 0 amide bonds. The molecule has 0 aromatic heterocycles. The highest BCUT2D eigenvalue weighted by Gasteiger charge is 2.15. The van der Waals surface area contributed by atoms with Gasteiger partial charge in [-0.3, -0.25) is 0 Å². The van der Waals surface area contributed by atoms with Crippen LogP contribution in [0.15, 0.2) is 12.4 Å². The molecule has 0 spiro atoms. The summed E-state index contributed by atoms with van der Waals surface area (Å²) in [6, 6.07) is 0. The van der Waals surface area contributed by atoms with E-state index in [0.29, 0.717) is 5.82 Å². The molecule has 10 heavy (non-hydrogen) atoms. The lowest BCUT2D eigenvalue weighted by Crippen LogP contribution is -2.42. The molecule has 0 aromatic carbocycles. The van der Waals surface area contributed by atoms with Crippen molar-refractivity contribution in [3.05, 3.63) is 12.4 Å². The molecule has 0 unspecified atom stereocenters. The van der Waals surface area contributed by atoms with E-state index in [1.807, 2.05) is 11.8 Å². The summed E-state index contributed by atoms with van der Waals surface area (Å²) >= 11 is 0. The van der Waals surface area contributed by atoms with Gasteiger partial charge in [0.25, 0.3) is 0 Å². The number of nitrogens with two attached hydrogens (primary N) is 1. The van der Waals surface area contributed by atoms with Gasteiger partial charge < -0.3 is 15.4 Å². The van der Waals surface area contributed by atoms with Gasteiger partial charge in [-0.1, -0.05) is 6.58 Å². The summed E-state index contributed by atoms with van der Waals surface area (Å²) in [4.78, 5) is 2.04. The Balaban J connectivity index is 2.39. The van der Waals surface area contributed by atoms with Crippen LogP contribution < -0.4 is 5.73 Å². The van der Waals surface area contributed by atoms with Crippen LogP contribution in [0.1, 0.15) is 6.92 Å². The van der Waals surface area contributed by atoms with Crippen molar-refractivity contribution in [2.75, 3.05) is 19.7 Å². The van der Waals surface area contributed by atoms with Crippen molar-refractivity contribution in [2.45, 2.75) is 13.0 Å². The third-order valence-corrected chi connectivity index (χ3v) is 1.65. The maximum Gasteiger partial charge on any atom is 0.0913 e. The monoisotopic (exact) mass is 142 g/mol. The second-order valence-electron chi connectivity index (χ2n) is 2.62. The van der Waals surface area contributed by atoms with E-state index >= 15 is 0 Å². The topological polar surface area (TPSA) is 38.5 Å². The van der Waals surface area contributed by atoms with Gasteiger partial charge in [-0.25, -0.2) is 0 Å². The molecular formula is C7H14N2O. The van der Waals surface area contributed by atoms with Crippen molar-refractivity contribution in [3.63, 3.8) is 0 Å². The van der Waals surface area contributed by atoms with Gasteiger partial charge in [0.05, 0.1) is 18.5 Å². The summed E-state index contributed by atoms with van der Waals surface area (Å²) in [5.74, 6) is 0.648. The van der Waals surface area contributed by atoms with Crippen molar-refractivity contribution in [2.24, 2.45) is 5.73 Å². The van der Waals surface area contributed by atoms with Crippen LogP contribution in [0.5, 0.6) is 0 Å². The molecule has 1 fully saturated rings. The Morgan fingerprint density at radius 1 is 1.80 bits per heavy atom. The lowest BCUT2D eigenvalue weighted by molar-refractivity contribution is -0.00611. The normalized spacial score (nSPS) is 26.5. The Morgan fingerprint density at radius 2 is 2.50 bits per heavy atom. The zero-order valence-electron chi connectivity index (χ0n) is 6.34. The molecule has 0 aromatic rings. The third-order valence-electron chi connectivity index (χ3n) is 1.65. The maximum atomic E-state index is 5.51. The predicted molar refractivity (Wildman–Crippen MR) is 40.3 cm³/mol. The van der Waals surface area contributed by atoms with Gasteiger partial charge >= 0.3 is 0 Å². The third kappa shape index (κ3) is 1.64. The van der Waals surface area contributed by atoms with E-state index in [4.69, 9.17) is 10.5 Å². The Morgan fingerprint density at radius 3 is 2.90 bits per heavy atom. The molecule has 0 bridgehead atoms. The van der Waals surface area contributed by atoms with Gasteiger partial charge in [-0.2, -0.15) is 0 Å². The van der Waals surface area contributed by atoms with Crippen molar-refractivity contribution in [1.29, 1.82) is 0 Å². The minimum atomic E-state index is 0.286. The van der Waals surface area contributed by atoms with E-state index in [1.54, 1.807) is 0 Å². The Labute approximate surface area is 61.4 Å². The molecule has 1 atom stereocenters. The number of hydrogen-bond acceptors (Lipinski definition) is 3. The van der Waals surface area contributed by atoms with Gasteiger partial charge in [0.1, 0.15) is 0 Å². The van der Waals surface area contributed by atoms with Crippen molar-refractivity contribution >= 4 is 0 Å². The standard InChI is InChI=1S/C7H14N2O/c1-6-5-9(7(2)8)3-4-10-6/h6H,2-5,8H2,1H3/t6-/m1/s1. The van der Waals surface area contributed by atoms with Gasteiger partial charge in [-0.05, 0) is 6.92 Å². The second-order valence-corrected chi connectivity index (χ2v) is 2.62. The largest absolute Gasteiger partial charge is 0.386 e. The van der Waals surface area contributed by atoms with Crippen LogP contribution in [0.4, 0.5) is 0 Å². The maximum absolute atomic E-state index is 5.51. The highest BCUT2D eigenvalue weighted by Crippen LogP contribution is 2.05. The Kier molecular flexibility index (Phi) is 2.17. The molecule has 0 saturated carbocycles. The number of hydrogen-bond donors (Lipinski definition) is 1. The van der Waals surface area contributed by atoms with E-state index in [1.165, 1.54) is 0 Å². The van der Waals surface area contributed by atoms with Crippen LogP contribution in [0, 0.1) is 0 Å². The van der Waals surface area contributed by atoms with E-state index in [9.17, 15) is 0 Å². The zero-order valence-corrected chi connectivity index (χ0v) is 6.34. The molecule has 58 valence electrons. The highest BCUT2D eigenvalue weighted by atomic mass is 16.5. The second kappa shape index (κ2) is 2.92. The highest BCUT2D eigenvalue weighted by molar-refractivity contribution is 4.89. The van der Waals surface area contributed by atoms with E-state index < -0.39 is 0 Å². The van der Waals surface area contributed by atoms with Gasteiger partial charge in [0, 0.05) is 13.1 Å². The molecule has 1 heterocycles. The summed E-state index contributed by atoms with van der Waals surface area (Å²) in [7, 11) is 0. The summed E-state index contributed by atoms with van der Waals surface area (Å²) in [6.45, 7) is 8.20. The fourth-order valence-electron chi connectivity index (χ4n) is 1.08. The van der Waals surface area contributed by atoms with E-state index in [2.05, 4.69) is 6.58 Å². The van der Waals surface area contributed by atoms with Crippen LogP contribution >= 0.6 is 0 Å². The van der Waals surface area contributed by atoms with Crippen molar-refractivity contribution in [3.8, 4) is 0 Å². The molecule has 1 saturated heterocycles. The fourth-order valence-corrected chi connectivity index (χ4v) is 1.08. The molecule has 0 aliphatic carbocycles. The summed E-state index contributed by atoms with van der Waals surface area (Å²) < 4.78 is 5.32. The first-order valence-electron chi connectivity index (χ1n) is 3.51. The average molecular weight is 142 g/mol. The van der Waals surface area contributed by atoms with Gasteiger partial charge in [0.15, 0.2) is 0 Å². The predicted octanol–water partition coefficient (Wildman–Crippen LogP) is 0.137. The van der Waals surface area contributed by atoms with Crippen LogP contribution in [0.2, 0.25) is 0 Å². The molecule has 1 rings (SSSR count). The quantitative estimate of drug-likeness (QED) is 0.566.